The van der Waals surface area contributed by atoms with Gasteiger partial charge >= 0.3 is 0 Å². The Hall–Kier alpha value is -1.86. The summed E-state index contributed by atoms with van der Waals surface area (Å²) in [6, 6.07) is 3.31. The van der Waals surface area contributed by atoms with Crippen LogP contribution in [0.15, 0.2) is 29.1 Å². The maximum atomic E-state index is 12.8. The average molecular weight is 428 g/mol. The minimum absolute atomic E-state index is 0.108. The lowest BCUT2D eigenvalue weighted by Gasteiger charge is -2.27. The van der Waals surface area contributed by atoms with Crippen LogP contribution in [-0.2, 0) is 13.5 Å². The Morgan fingerprint density at radius 2 is 2.23 bits per heavy atom. The van der Waals surface area contributed by atoms with Gasteiger partial charge in [-0.15, -0.1) is 0 Å². The van der Waals surface area contributed by atoms with Crippen LogP contribution in [0.4, 0.5) is 11.4 Å². The Kier molecular flexibility index (Phi) is 5.12. The molecule has 0 aliphatic carbocycles. The molecule has 11 heteroatoms. The Bertz CT molecular complexity index is 838. The molecule has 0 radical (unpaired) electrons. The highest BCUT2D eigenvalue weighted by Gasteiger charge is 2.41. The quantitative estimate of drug-likeness (QED) is 0.367. The van der Waals surface area contributed by atoms with E-state index in [1.54, 1.807) is 25.4 Å². The summed E-state index contributed by atoms with van der Waals surface area (Å²) in [7, 11) is 1.65. The number of fused-ring (bicyclic) bond motifs is 1. The molecule has 0 fully saturated rings. The fourth-order valence-electron chi connectivity index (χ4n) is 2.93. The number of aliphatic hydroxyl groups is 1. The smallest absolute Gasteiger partial charge is 0.272 e. The third-order valence-electron chi connectivity index (χ3n) is 4.12. The molecule has 0 aromatic carbocycles. The van der Waals surface area contributed by atoms with Crippen molar-refractivity contribution in [3.8, 4) is 0 Å². The third-order valence-corrected chi connectivity index (χ3v) is 4.55. The number of hydrogen-bond acceptors (Lipinski definition) is 7. The summed E-state index contributed by atoms with van der Waals surface area (Å²) in [5, 5.41) is 34.5. The first-order chi connectivity index (χ1) is 12.2. The summed E-state index contributed by atoms with van der Waals surface area (Å²) >= 11 is 3.25. The van der Waals surface area contributed by atoms with Crippen LogP contribution < -0.4 is 15.8 Å². The lowest BCUT2D eigenvalue weighted by molar-refractivity contribution is -0.360. The van der Waals surface area contributed by atoms with E-state index < -0.39 is 17.1 Å². The van der Waals surface area contributed by atoms with Crippen molar-refractivity contribution in [2.24, 2.45) is 7.05 Å². The van der Waals surface area contributed by atoms with Gasteiger partial charge in [-0.05, 0) is 46.9 Å². The van der Waals surface area contributed by atoms with Crippen molar-refractivity contribution in [1.29, 1.82) is 0 Å². The largest absolute Gasteiger partial charge is 0.377 e. The van der Waals surface area contributed by atoms with E-state index in [4.69, 9.17) is 0 Å². The van der Waals surface area contributed by atoms with Gasteiger partial charge in [-0.1, -0.05) is 0 Å². The van der Waals surface area contributed by atoms with Crippen molar-refractivity contribution in [2.45, 2.75) is 19.6 Å². The van der Waals surface area contributed by atoms with Gasteiger partial charge in [-0.3, -0.25) is 4.79 Å². The molecule has 1 amide bonds. The van der Waals surface area contributed by atoms with Gasteiger partial charge in [-0.2, -0.15) is 15.4 Å². The Morgan fingerprint density at radius 1 is 1.50 bits per heavy atom. The molecule has 3 rings (SSSR count). The van der Waals surface area contributed by atoms with Crippen molar-refractivity contribution in [3.05, 3.63) is 40.4 Å². The third kappa shape index (κ3) is 3.64. The molecule has 0 unspecified atom stereocenters. The molecule has 26 heavy (non-hydrogen) atoms. The zero-order chi connectivity index (χ0) is 19.1. The van der Waals surface area contributed by atoms with Gasteiger partial charge < -0.3 is 15.0 Å². The zero-order valence-corrected chi connectivity index (χ0v) is 15.8. The fourth-order valence-corrected chi connectivity index (χ4v) is 3.29. The van der Waals surface area contributed by atoms with Crippen LogP contribution >= 0.6 is 15.9 Å². The predicted octanol–water partition coefficient (Wildman–Crippen LogP) is 1.14. The number of nitrogens with zero attached hydrogens (tertiary/aromatic N) is 4. The van der Waals surface area contributed by atoms with Crippen LogP contribution in [0.25, 0.3) is 0 Å². The fraction of sp³-hybridized carbons (Fsp3) is 0.333. The van der Waals surface area contributed by atoms with Crippen molar-refractivity contribution in [2.75, 3.05) is 11.9 Å². The Morgan fingerprint density at radius 3 is 2.88 bits per heavy atom. The molecular formula is C15H20BrN6O4+. The van der Waals surface area contributed by atoms with Crippen LogP contribution in [0.1, 0.15) is 23.0 Å². The molecule has 1 atom stereocenters. The van der Waals surface area contributed by atoms with Gasteiger partial charge in [0.25, 0.3) is 5.91 Å². The molecule has 10 nitrogen and oxygen atoms in total. The second-order valence-corrected chi connectivity index (χ2v) is 6.86. The minimum Gasteiger partial charge on any atom is -0.377 e. The number of quaternary nitrogens is 1. The van der Waals surface area contributed by atoms with E-state index in [-0.39, 0.29) is 12.2 Å². The second-order valence-electron chi connectivity index (χ2n) is 6.05. The predicted molar refractivity (Wildman–Crippen MR) is 95.9 cm³/mol. The van der Waals surface area contributed by atoms with E-state index in [0.29, 0.717) is 28.0 Å². The summed E-state index contributed by atoms with van der Waals surface area (Å²) in [6.07, 6.45) is 2.40. The maximum Gasteiger partial charge on any atom is 0.272 e. The molecule has 140 valence electrons. The van der Waals surface area contributed by atoms with E-state index >= 15 is 0 Å². The van der Waals surface area contributed by atoms with Gasteiger partial charge in [0, 0.05) is 25.5 Å². The number of anilines is 1. The lowest BCUT2D eigenvalue weighted by atomic mass is 10.1. The summed E-state index contributed by atoms with van der Waals surface area (Å²) in [5.74, 6) is -0.391. The zero-order valence-electron chi connectivity index (χ0n) is 14.2. The number of rotatable bonds is 3. The van der Waals surface area contributed by atoms with E-state index in [0.717, 1.165) is 0 Å². The van der Waals surface area contributed by atoms with Crippen molar-refractivity contribution >= 4 is 33.2 Å². The SMILES string of the molecule is C[C@H](O)N1CCc2c(cn(C)c2C(=O)Nc2ccnc(Br)c2)[N+](O)(O)N1. The molecule has 3 heterocycles. The number of hydrazine groups is 1. The number of carbonyl (C=O) groups excluding carboxylic acids is 1. The van der Waals surface area contributed by atoms with E-state index in [2.05, 4.69) is 31.8 Å². The number of nitrogens with one attached hydrogen (secondary N) is 2. The van der Waals surface area contributed by atoms with Crippen LogP contribution in [0.2, 0.25) is 0 Å². The van der Waals surface area contributed by atoms with E-state index in [1.165, 1.54) is 22.7 Å². The molecule has 1 aliphatic heterocycles. The number of aryl methyl sites for hydroxylation is 1. The van der Waals surface area contributed by atoms with Crippen molar-refractivity contribution in [3.63, 3.8) is 0 Å². The molecule has 2 aromatic heterocycles. The highest BCUT2D eigenvalue weighted by molar-refractivity contribution is 9.10. The number of pyridine rings is 1. The maximum absolute atomic E-state index is 12.8. The summed E-state index contributed by atoms with van der Waals surface area (Å²) < 4.78 is 2.12. The van der Waals surface area contributed by atoms with Crippen molar-refractivity contribution in [1.82, 2.24) is 25.0 Å². The topological polar surface area (TPSA) is 123 Å². The number of aromatic nitrogens is 2. The molecule has 0 saturated carbocycles. The van der Waals surface area contributed by atoms with Gasteiger partial charge in [0.15, 0.2) is 0 Å². The molecule has 2 aromatic rings. The number of halogens is 1. The highest BCUT2D eigenvalue weighted by atomic mass is 79.9. The first-order valence-corrected chi connectivity index (χ1v) is 8.67. The molecular weight excluding hydrogens is 408 g/mol. The average Bonchev–Trinajstić information content (AvgIpc) is 2.82. The Labute approximate surface area is 157 Å². The molecule has 0 spiro atoms. The summed E-state index contributed by atoms with van der Waals surface area (Å²) in [4.78, 5) is 15.1. The normalized spacial score (nSPS) is 18.1. The van der Waals surface area contributed by atoms with Crippen LogP contribution in [0.5, 0.6) is 0 Å². The van der Waals surface area contributed by atoms with E-state index in [9.17, 15) is 20.3 Å². The standard InChI is InChI=1S/C15H19BrN6O4/c1-9(23)21-6-4-11-12(22(25,26)19-21)8-20(2)14(11)15(24)18-10-3-5-17-13(16)7-10/h3,5,7-9,19,23,25-26H,4,6H2,1-2H3/p+1/t9-/m0/s1. The number of amides is 1. The van der Waals surface area contributed by atoms with Crippen LogP contribution in [-0.4, -0.2) is 48.8 Å². The number of aliphatic hydroxyl groups excluding tert-OH is 1. The van der Waals surface area contributed by atoms with Gasteiger partial charge in [0.2, 0.25) is 5.69 Å². The second kappa shape index (κ2) is 7.04. The molecule has 0 bridgehead atoms. The number of carbonyl (C=O) groups is 1. The minimum atomic E-state index is -1.66. The van der Waals surface area contributed by atoms with E-state index in [1.807, 2.05) is 0 Å². The molecule has 5 N–H and O–H groups in total. The Balaban J connectivity index is 1.95. The lowest BCUT2D eigenvalue weighted by Crippen LogP contribution is -2.62. The van der Waals surface area contributed by atoms with Gasteiger partial charge in [-0.25, -0.2) is 4.98 Å². The monoisotopic (exact) mass is 427 g/mol. The first-order valence-electron chi connectivity index (χ1n) is 7.88. The van der Waals surface area contributed by atoms with Crippen LogP contribution in [0, 0.1) is 0 Å². The molecule has 0 saturated heterocycles. The first kappa shape index (κ1) is 18.9. The molecule has 1 aliphatic rings. The van der Waals surface area contributed by atoms with Gasteiger partial charge in [0.05, 0.1) is 16.7 Å². The van der Waals surface area contributed by atoms with Crippen molar-refractivity contribution < 1.29 is 20.3 Å². The van der Waals surface area contributed by atoms with Crippen LogP contribution in [0.3, 0.4) is 0 Å². The highest BCUT2D eigenvalue weighted by Crippen LogP contribution is 2.31. The van der Waals surface area contributed by atoms with Gasteiger partial charge in [0.1, 0.15) is 16.5 Å². The summed E-state index contributed by atoms with van der Waals surface area (Å²) in [6.45, 7) is 1.77. The number of hydrogen-bond donors (Lipinski definition) is 5. The summed E-state index contributed by atoms with van der Waals surface area (Å²) in [5.41, 5.74) is 3.85.